The fourth-order valence-corrected chi connectivity index (χ4v) is 6.55. The van der Waals surface area contributed by atoms with E-state index in [1.807, 2.05) is 4.80 Å². The number of hydrogen-bond donors (Lipinski definition) is 0. The second-order valence-electron chi connectivity index (χ2n) is 10.7. The number of rotatable bonds is 2. The molecule has 190 valence electrons. The van der Waals surface area contributed by atoms with Gasteiger partial charge < -0.3 is 0 Å². The van der Waals surface area contributed by atoms with Gasteiger partial charge in [0.25, 0.3) is 0 Å². The van der Waals surface area contributed by atoms with E-state index in [1.54, 1.807) is 0 Å². The molecule has 0 radical (unpaired) electrons. The number of fused-ring (bicyclic) bond motifs is 9. The van der Waals surface area contributed by atoms with Crippen molar-refractivity contribution in [2.45, 2.75) is 0 Å². The maximum absolute atomic E-state index is 5.12. The van der Waals surface area contributed by atoms with E-state index in [4.69, 9.17) is 10.2 Å². The van der Waals surface area contributed by atoms with Crippen molar-refractivity contribution in [1.82, 2.24) is 15.0 Å². The molecule has 8 aromatic carbocycles. The lowest BCUT2D eigenvalue weighted by Gasteiger charge is -2.13. The van der Waals surface area contributed by atoms with Gasteiger partial charge in [-0.05, 0) is 72.4 Å². The summed E-state index contributed by atoms with van der Waals surface area (Å²) in [5, 5.41) is 22.3. The van der Waals surface area contributed by atoms with Gasteiger partial charge in [-0.15, -0.1) is 15.0 Å². The van der Waals surface area contributed by atoms with Gasteiger partial charge in [-0.3, -0.25) is 0 Å². The van der Waals surface area contributed by atoms with Crippen molar-refractivity contribution in [3.63, 3.8) is 0 Å². The maximum Gasteiger partial charge on any atom is 0.121 e. The first-order valence-corrected chi connectivity index (χ1v) is 13.9. The Bertz CT molecular complexity index is 2490. The standard InChI is InChI=1S/C38H23N3/c1-3-13-26-24(11-1)21-34(30-17-6-5-15-28(26)30)35-23-36-38(33-20-10-8-18-31(33)35)40-41(39-36)37-22-25-12-2-4-14-27(25)29-16-7-9-19-32(29)37/h1-23H. The molecular weight excluding hydrogens is 498 g/mol. The molecule has 1 heterocycles. The SMILES string of the molecule is c1ccc2c(c1)cc(-c1cc3nn(-c4cc5ccccc5c5ccccc45)nc3c3ccccc13)c1ccccc12. The van der Waals surface area contributed by atoms with Gasteiger partial charge in [0.15, 0.2) is 0 Å². The number of nitrogens with zero attached hydrogens (tertiary/aromatic N) is 3. The molecule has 0 atom stereocenters. The van der Waals surface area contributed by atoms with Crippen LogP contribution in [0.1, 0.15) is 0 Å². The highest BCUT2D eigenvalue weighted by molar-refractivity contribution is 6.19. The molecule has 0 amide bonds. The lowest BCUT2D eigenvalue weighted by molar-refractivity contribution is 0.772. The summed E-state index contributed by atoms with van der Waals surface area (Å²) in [5.41, 5.74) is 5.16. The van der Waals surface area contributed by atoms with Gasteiger partial charge in [0.05, 0.1) is 5.69 Å². The molecule has 41 heavy (non-hydrogen) atoms. The molecule has 3 nitrogen and oxygen atoms in total. The third-order valence-corrected chi connectivity index (χ3v) is 8.41. The summed E-state index contributed by atoms with van der Waals surface area (Å²) in [7, 11) is 0. The normalized spacial score (nSPS) is 11.9. The molecule has 9 aromatic rings. The molecule has 0 unspecified atom stereocenters. The Morgan fingerprint density at radius 2 is 0.829 bits per heavy atom. The second kappa shape index (κ2) is 8.48. The minimum atomic E-state index is 0.883. The third-order valence-electron chi connectivity index (χ3n) is 8.41. The molecule has 1 aromatic heterocycles. The van der Waals surface area contributed by atoms with Crippen LogP contribution in [0.15, 0.2) is 140 Å². The van der Waals surface area contributed by atoms with Crippen molar-refractivity contribution >= 4 is 64.9 Å². The van der Waals surface area contributed by atoms with Crippen LogP contribution in [-0.4, -0.2) is 15.0 Å². The van der Waals surface area contributed by atoms with Crippen LogP contribution < -0.4 is 0 Å². The molecular formula is C38H23N3. The summed E-state index contributed by atoms with van der Waals surface area (Å²) < 4.78 is 0. The number of benzene rings is 8. The summed E-state index contributed by atoms with van der Waals surface area (Å²) in [6.45, 7) is 0. The smallest absolute Gasteiger partial charge is 0.121 e. The van der Waals surface area contributed by atoms with E-state index >= 15 is 0 Å². The van der Waals surface area contributed by atoms with Crippen molar-refractivity contribution in [3.05, 3.63) is 140 Å². The average Bonchev–Trinajstić information content (AvgIpc) is 3.48. The van der Waals surface area contributed by atoms with E-state index < -0.39 is 0 Å². The summed E-state index contributed by atoms with van der Waals surface area (Å²) >= 11 is 0. The van der Waals surface area contributed by atoms with Crippen LogP contribution in [0, 0.1) is 0 Å². The quantitative estimate of drug-likeness (QED) is 0.212. The van der Waals surface area contributed by atoms with E-state index in [-0.39, 0.29) is 0 Å². The Hall–Kier alpha value is -5.54. The van der Waals surface area contributed by atoms with E-state index in [0.29, 0.717) is 0 Å². The molecule has 0 saturated carbocycles. The van der Waals surface area contributed by atoms with Gasteiger partial charge in [-0.1, -0.05) is 121 Å². The molecule has 0 spiro atoms. The van der Waals surface area contributed by atoms with Gasteiger partial charge >= 0.3 is 0 Å². The Morgan fingerprint density at radius 3 is 1.51 bits per heavy atom. The average molecular weight is 522 g/mol. The topological polar surface area (TPSA) is 30.7 Å². The first-order valence-electron chi connectivity index (χ1n) is 13.9. The second-order valence-corrected chi connectivity index (χ2v) is 10.7. The van der Waals surface area contributed by atoms with E-state index in [2.05, 4.69) is 140 Å². The molecule has 0 bridgehead atoms. The molecule has 3 heteroatoms. The third kappa shape index (κ3) is 3.26. The van der Waals surface area contributed by atoms with Crippen molar-refractivity contribution in [3.8, 4) is 16.8 Å². The Kier molecular flexibility index (Phi) is 4.61. The molecule has 0 aliphatic heterocycles. The lowest BCUT2D eigenvalue weighted by Crippen LogP contribution is -2.00. The van der Waals surface area contributed by atoms with E-state index in [0.717, 1.165) is 27.5 Å². The molecule has 0 aliphatic carbocycles. The Balaban J connectivity index is 1.37. The van der Waals surface area contributed by atoms with Gasteiger partial charge in [0, 0.05) is 10.8 Å². The predicted octanol–water partition coefficient (Wildman–Crippen LogP) is 9.85. The zero-order chi connectivity index (χ0) is 26.9. The van der Waals surface area contributed by atoms with Crippen LogP contribution in [0.3, 0.4) is 0 Å². The first kappa shape index (κ1) is 22.3. The lowest BCUT2D eigenvalue weighted by atomic mass is 9.90. The first-order chi connectivity index (χ1) is 20.3. The molecule has 0 N–H and O–H groups in total. The van der Waals surface area contributed by atoms with Gasteiger partial charge in [-0.2, -0.15) is 0 Å². The zero-order valence-electron chi connectivity index (χ0n) is 22.1. The fourth-order valence-electron chi connectivity index (χ4n) is 6.55. The zero-order valence-corrected chi connectivity index (χ0v) is 22.1. The van der Waals surface area contributed by atoms with Crippen molar-refractivity contribution in [1.29, 1.82) is 0 Å². The highest BCUT2D eigenvalue weighted by Gasteiger charge is 2.17. The van der Waals surface area contributed by atoms with Crippen molar-refractivity contribution in [2.75, 3.05) is 0 Å². The molecule has 0 fully saturated rings. The van der Waals surface area contributed by atoms with Crippen LogP contribution in [-0.2, 0) is 0 Å². The maximum atomic E-state index is 5.12. The van der Waals surface area contributed by atoms with Crippen molar-refractivity contribution in [2.24, 2.45) is 0 Å². The minimum absolute atomic E-state index is 0.883. The fraction of sp³-hybridized carbons (Fsp3) is 0. The molecule has 0 saturated heterocycles. The van der Waals surface area contributed by atoms with E-state index in [9.17, 15) is 0 Å². The predicted molar refractivity (Wildman–Crippen MR) is 172 cm³/mol. The van der Waals surface area contributed by atoms with Crippen LogP contribution in [0.4, 0.5) is 0 Å². The number of aromatic nitrogens is 3. The Labute approximate surface area is 235 Å². The van der Waals surface area contributed by atoms with Gasteiger partial charge in [-0.25, -0.2) is 0 Å². The van der Waals surface area contributed by atoms with Gasteiger partial charge in [0.1, 0.15) is 11.0 Å². The van der Waals surface area contributed by atoms with Crippen LogP contribution in [0.2, 0.25) is 0 Å². The number of hydrogen-bond acceptors (Lipinski definition) is 2. The van der Waals surface area contributed by atoms with E-state index in [1.165, 1.54) is 54.2 Å². The van der Waals surface area contributed by atoms with Crippen molar-refractivity contribution < 1.29 is 0 Å². The highest BCUT2D eigenvalue weighted by atomic mass is 15.5. The minimum Gasteiger partial charge on any atom is -0.150 e. The highest BCUT2D eigenvalue weighted by Crippen LogP contribution is 2.40. The van der Waals surface area contributed by atoms with Crippen LogP contribution in [0.5, 0.6) is 0 Å². The summed E-state index contributed by atoms with van der Waals surface area (Å²) in [5.74, 6) is 0. The van der Waals surface area contributed by atoms with Crippen LogP contribution >= 0.6 is 0 Å². The molecule has 9 rings (SSSR count). The summed E-state index contributed by atoms with van der Waals surface area (Å²) in [6, 6.07) is 49.7. The summed E-state index contributed by atoms with van der Waals surface area (Å²) in [4.78, 5) is 1.83. The summed E-state index contributed by atoms with van der Waals surface area (Å²) in [6.07, 6.45) is 0. The van der Waals surface area contributed by atoms with Crippen LogP contribution in [0.25, 0.3) is 81.7 Å². The Morgan fingerprint density at radius 1 is 0.366 bits per heavy atom. The monoisotopic (exact) mass is 521 g/mol. The van der Waals surface area contributed by atoms with Gasteiger partial charge in [0.2, 0.25) is 0 Å². The molecule has 0 aliphatic rings. The largest absolute Gasteiger partial charge is 0.150 e.